The van der Waals surface area contributed by atoms with E-state index in [0.717, 1.165) is 5.56 Å². The van der Waals surface area contributed by atoms with E-state index in [2.05, 4.69) is 5.32 Å². The fourth-order valence-corrected chi connectivity index (χ4v) is 3.19. The summed E-state index contributed by atoms with van der Waals surface area (Å²) < 4.78 is 16.1. The Morgan fingerprint density at radius 1 is 1.05 bits per heavy atom. The van der Waals surface area contributed by atoms with Crippen molar-refractivity contribution in [1.29, 1.82) is 5.26 Å². The maximum atomic E-state index is 12.6. The third kappa shape index (κ3) is 7.16. The van der Waals surface area contributed by atoms with Gasteiger partial charge in [0, 0.05) is 17.8 Å². The Hall–Kier alpha value is -5.17. The third-order valence-corrected chi connectivity index (χ3v) is 5.06. The smallest absolute Gasteiger partial charge is 0.338 e. The van der Waals surface area contributed by atoms with E-state index in [1.807, 2.05) is 6.07 Å². The van der Waals surface area contributed by atoms with Gasteiger partial charge in [-0.3, -0.25) is 14.9 Å². The van der Waals surface area contributed by atoms with Crippen molar-refractivity contribution >= 4 is 29.3 Å². The molecule has 10 nitrogen and oxygen atoms in total. The number of anilines is 1. The zero-order chi connectivity index (χ0) is 26.8. The standard InChI is InChI=1S/C27H23N3O7/c1-3-36-27(32)20-7-9-22(10-8-20)29-26(31)21(16-28)14-19-6-13-24(25(15-19)35-2)37-17-18-4-11-23(12-5-18)30(33)34/h4-15H,3,17H2,1-2H3,(H,29,31)/b21-14+. The lowest BCUT2D eigenvalue weighted by Gasteiger charge is -2.12. The molecule has 3 aromatic carbocycles. The van der Waals surface area contributed by atoms with E-state index in [4.69, 9.17) is 14.2 Å². The largest absolute Gasteiger partial charge is 0.493 e. The molecule has 0 aliphatic rings. The van der Waals surface area contributed by atoms with Crippen molar-refractivity contribution < 1.29 is 28.7 Å². The number of nitro groups is 1. The van der Waals surface area contributed by atoms with Crippen LogP contribution < -0.4 is 14.8 Å². The molecule has 0 atom stereocenters. The zero-order valence-electron chi connectivity index (χ0n) is 20.1. The molecule has 10 heteroatoms. The van der Waals surface area contributed by atoms with Crippen molar-refractivity contribution in [1.82, 2.24) is 0 Å². The molecule has 0 heterocycles. The van der Waals surface area contributed by atoms with Gasteiger partial charge in [0.15, 0.2) is 11.5 Å². The van der Waals surface area contributed by atoms with Gasteiger partial charge in [0.25, 0.3) is 11.6 Å². The second-order valence-electron chi connectivity index (χ2n) is 7.54. The Kier molecular flexibility index (Phi) is 8.94. The van der Waals surface area contributed by atoms with Crippen molar-refractivity contribution in [2.45, 2.75) is 13.5 Å². The van der Waals surface area contributed by atoms with E-state index < -0.39 is 16.8 Å². The number of ether oxygens (including phenoxy) is 3. The molecule has 0 radical (unpaired) electrons. The predicted molar refractivity (Wildman–Crippen MR) is 135 cm³/mol. The Bertz CT molecular complexity index is 1360. The first-order valence-electron chi connectivity index (χ1n) is 11.1. The first kappa shape index (κ1) is 26.4. The van der Waals surface area contributed by atoms with E-state index in [1.165, 1.54) is 37.5 Å². The minimum absolute atomic E-state index is 0.0107. The van der Waals surface area contributed by atoms with Crippen molar-refractivity contribution in [3.63, 3.8) is 0 Å². The van der Waals surface area contributed by atoms with Crippen LogP contribution in [0.1, 0.15) is 28.4 Å². The van der Waals surface area contributed by atoms with Crippen LogP contribution >= 0.6 is 0 Å². The monoisotopic (exact) mass is 501 g/mol. The highest BCUT2D eigenvalue weighted by molar-refractivity contribution is 6.09. The molecule has 37 heavy (non-hydrogen) atoms. The molecule has 0 spiro atoms. The summed E-state index contributed by atoms with van der Waals surface area (Å²) in [6.07, 6.45) is 1.41. The van der Waals surface area contributed by atoms with E-state index in [0.29, 0.717) is 28.3 Å². The summed E-state index contributed by atoms with van der Waals surface area (Å²) >= 11 is 0. The van der Waals surface area contributed by atoms with Gasteiger partial charge >= 0.3 is 5.97 Å². The molecule has 0 saturated heterocycles. The molecule has 0 saturated carbocycles. The molecule has 1 amide bonds. The molecule has 0 unspecified atom stereocenters. The number of nitrogens with one attached hydrogen (secondary N) is 1. The summed E-state index contributed by atoms with van der Waals surface area (Å²) in [6.45, 7) is 2.12. The van der Waals surface area contributed by atoms with Crippen molar-refractivity contribution in [2.24, 2.45) is 0 Å². The summed E-state index contributed by atoms with van der Waals surface area (Å²) in [7, 11) is 1.46. The summed E-state index contributed by atoms with van der Waals surface area (Å²) in [6, 6.07) is 18.9. The quantitative estimate of drug-likeness (QED) is 0.136. The van der Waals surface area contributed by atoms with Crippen LogP contribution in [0.15, 0.2) is 72.3 Å². The molecular formula is C27H23N3O7. The van der Waals surface area contributed by atoms with E-state index >= 15 is 0 Å². The average Bonchev–Trinajstić information content (AvgIpc) is 2.91. The van der Waals surface area contributed by atoms with Gasteiger partial charge in [0.05, 0.1) is 24.2 Å². The molecule has 3 aromatic rings. The number of esters is 1. The maximum Gasteiger partial charge on any atom is 0.338 e. The SMILES string of the molecule is CCOC(=O)c1ccc(NC(=O)/C(C#N)=C/c2ccc(OCc3ccc([N+](=O)[O-])cc3)c(OC)c2)cc1. The number of nitriles is 1. The van der Waals surface area contributed by atoms with Gasteiger partial charge in [-0.15, -0.1) is 0 Å². The molecule has 0 aliphatic carbocycles. The lowest BCUT2D eigenvalue weighted by Crippen LogP contribution is -2.13. The van der Waals surface area contributed by atoms with Gasteiger partial charge in [-0.2, -0.15) is 5.26 Å². The Morgan fingerprint density at radius 2 is 1.76 bits per heavy atom. The lowest BCUT2D eigenvalue weighted by atomic mass is 10.1. The molecule has 0 bridgehead atoms. The Morgan fingerprint density at radius 3 is 2.35 bits per heavy atom. The molecule has 0 aliphatic heterocycles. The molecule has 188 valence electrons. The Balaban J connectivity index is 1.69. The van der Waals surface area contributed by atoms with Crippen molar-refractivity contribution in [3.8, 4) is 17.6 Å². The minimum atomic E-state index is -0.621. The fourth-order valence-electron chi connectivity index (χ4n) is 3.19. The van der Waals surface area contributed by atoms with Crippen molar-refractivity contribution in [3.05, 3.63) is 99.1 Å². The summed E-state index contributed by atoms with van der Waals surface area (Å²) in [5, 5.41) is 22.9. The normalized spacial score (nSPS) is 10.7. The molecular weight excluding hydrogens is 478 g/mol. The second-order valence-corrected chi connectivity index (χ2v) is 7.54. The third-order valence-electron chi connectivity index (χ3n) is 5.06. The predicted octanol–water partition coefficient (Wildman–Crippen LogP) is 4.90. The van der Waals surface area contributed by atoms with E-state index in [-0.39, 0.29) is 24.5 Å². The number of benzene rings is 3. The molecule has 0 aromatic heterocycles. The topological polar surface area (TPSA) is 141 Å². The number of amides is 1. The number of hydrogen-bond acceptors (Lipinski definition) is 8. The summed E-state index contributed by atoms with van der Waals surface area (Å²) in [5.41, 5.74) is 1.87. The van der Waals surface area contributed by atoms with Crippen LogP contribution in [0.4, 0.5) is 11.4 Å². The zero-order valence-corrected chi connectivity index (χ0v) is 20.1. The number of nitro benzene ring substituents is 1. The van der Waals surface area contributed by atoms with Gasteiger partial charge in [-0.25, -0.2) is 4.79 Å². The van der Waals surface area contributed by atoms with Gasteiger partial charge in [-0.05, 0) is 72.7 Å². The molecule has 1 N–H and O–H groups in total. The second kappa shape index (κ2) is 12.5. The van der Waals surface area contributed by atoms with E-state index in [9.17, 15) is 25.0 Å². The number of carbonyl (C=O) groups is 2. The van der Waals surface area contributed by atoms with Crippen LogP contribution in [0.5, 0.6) is 11.5 Å². The average molecular weight is 501 g/mol. The van der Waals surface area contributed by atoms with Gasteiger partial charge < -0.3 is 19.5 Å². The van der Waals surface area contributed by atoms with Crippen LogP contribution in [-0.4, -0.2) is 30.5 Å². The van der Waals surface area contributed by atoms with Gasteiger partial charge in [-0.1, -0.05) is 6.07 Å². The minimum Gasteiger partial charge on any atom is -0.493 e. The first-order chi connectivity index (χ1) is 17.8. The molecule has 0 fully saturated rings. The highest BCUT2D eigenvalue weighted by atomic mass is 16.6. The number of hydrogen-bond donors (Lipinski definition) is 1. The number of rotatable bonds is 10. The van der Waals surface area contributed by atoms with Gasteiger partial charge in [0.2, 0.25) is 0 Å². The van der Waals surface area contributed by atoms with Crippen molar-refractivity contribution in [2.75, 3.05) is 19.0 Å². The number of non-ortho nitro benzene ring substituents is 1. The summed E-state index contributed by atoms with van der Waals surface area (Å²) in [4.78, 5) is 34.7. The van der Waals surface area contributed by atoms with Crippen LogP contribution in [0.25, 0.3) is 6.08 Å². The molecule has 3 rings (SSSR count). The van der Waals surface area contributed by atoms with Gasteiger partial charge in [0.1, 0.15) is 18.2 Å². The highest BCUT2D eigenvalue weighted by Gasteiger charge is 2.13. The number of carbonyl (C=O) groups excluding carboxylic acids is 2. The van der Waals surface area contributed by atoms with Crippen LogP contribution in [-0.2, 0) is 16.1 Å². The van der Waals surface area contributed by atoms with E-state index in [1.54, 1.807) is 49.4 Å². The maximum absolute atomic E-state index is 12.6. The van der Waals surface area contributed by atoms with Crippen LogP contribution in [0.3, 0.4) is 0 Å². The Labute approximate surface area is 212 Å². The van der Waals surface area contributed by atoms with Crippen LogP contribution in [0, 0.1) is 21.4 Å². The van der Waals surface area contributed by atoms with Crippen LogP contribution in [0.2, 0.25) is 0 Å². The first-order valence-corrected chi connectivity index (χ1v) is 11.1. The highest BCUT2D eigenvalue weighted by Crippen LogP contribution is 2.30. The lowest BCUT2D eigenvalue weighted by molar-refractivity contribution is -0.384. The number of methoxy groups -OCH3 is 1. The number of nitrogens with zero attached hydrogens (tertiary/aromatic N) is 2. The summed E-state index contributed by atoms with van der Waals surface area (Å²) in [5.74, 6) is -0.290. The fraction of sp³-hybridized carbons (Fsp3) is 0.148.